The van der Waals surface area contributed by atoms with Gasteiger partial charge in [0, 0.05) is 0 Å². The highest BCUT2D eigenvalue weighted by atomic mass is 16.3. The molecule has 4 saturated carbocycles. The Morgan fingerprint density at radius 2 is 1.48 bits per heavy atom. The smallest absolute Gasteiger partial charge is 0.0596 e. The minimum absolute atomic E-state index is 0.0400. The van der Waals surface area contributed by atoms with E-state index in [9.17, 15) is 10.2 Å². The van der Waals surface area contributed by atoms with Gasteiger partial charge in [0.15, 0.2) is 0 Å². The van der Waals surface area contributed by atoms with E-state index in [4.69, 9.17) is 0 Å². The Morgan fingerprint density at radius 3 is 2.29 bits per heavy atom. The van der Waals surface area contributed by atoms with E-state index in [-0.39, 0.29) is 17.6 Å². The minimum atomic E-state index is -0.0536. The largest absolute Gasteiger partial charge is 0.393 e. The van der Waals surface area contributed by atoms with E-state index >= 15 is 0 Å². The number of aliphatic hydroxyl groups excluding tert-OH is 2. The van der Waals surface area contributed by atoms with Crippen LogP contribution in [0, 0.1) is 34.5 Å². The van der Waals surface area contributed by atoms with E-state index in [0.717, 1.165) is 42.9 Å². The van der Waals surface area contributed by atoms with E-state index in [0.29, 0.717) is 5.41 Å². The fourth-order valence-corrected chi connectivity index (χ4v) is 7.21. The van der Waals surface area contributed by atoms with Gasteiger partial charge in [-0.2, -0.15) is 0 Å². The summed E-state index contributed by atoms with van der Waals surface area (Å²) in [5, 5.41) is 20.5. The van der Waals surface area contributed by atoms with Crippen LogP contribution >= 0.6 is 0 Å². The predicted octanol–water partition coefficient (Wildman–Crippen LogP) is 3.75. The molecule has 0 bridgehead atoms. The molecule has 0 aromatic carbocycles. The van der Waals surface area contributed by atoms with E-state index in [1.807, 2.05) is 0 Å². The molecule has 0 spiro atoms. The maximum Gasteiger partial charge on any atom is 0.0596 e. The summed E-state index contributed by atoms with van der Waals surface area (Å²) in [5.41, 5.74) is 0.676. The van der Waals surface area contributed by atoms with Crippen molar-refractivity contribution in [3.63, 3.8) is 0 Å². The van der Waals surface area contributed by atoms with Crippen molar-refractivity contribution in [2.75, 3.05) is 0 Å². The normalized spacial score (nSPS) is 60.0. The lowest BCUT2D eigenvalue weighted by molar-refractivity contribution is -0.133. The highest BCUT2D eigenvalue weighted by Crippen LogP contribution is 2.66. The highest BCUT2D eigenvalue weighted by Gasteiger charge is 2.59. The summed E-state index contributed by atoms with van der Waals surface area (Å²) in [5.74, 6) is 3.21. The summed E-state index contributed by atoms with van der Waals surface area (Å²) in [7, 11) is 0. The molecule has 0 aromatic rings. The van der Waals surface area contributed by atoms with Crippen LogP contribution in [0.2, 0.25) is 0 Å². The maximum atomic E-state index is 10.5. The fourth-order valence-electron chi connectivity index (χ4n) is 7.21. The lowest BCUT2D eigenvalue weighted by atomic mass is 9.45. The molecule has 4 aliphatic rings. The van der Waals surface area contributed by atoms with Crippen molar-refractivity contribution in [3.05, 3.63) is 0 Å². The number of rotatable bonds is 0. The second kappa shape index (κ2) is 4.71. The van der Waals surface area contributed by atoms with Crippen LogP contribution < -0.4 is 0 Å². The van der Waals surface area contributed by atoms with Crippen LogP contribution in [-0.4, -0.2) is 22.4 Å². The van der Waals surface area contributed by atoms with Gasteiger partial charge in [0.2, 0.25) is 0 Å². The quantitative estimate of drug-likeness (QED) is 0.714. The molecule has 0 amide bonds. The molecule has 21 heavy (non-hydrogen) atoms. The van der Waals surface area contributed by atoms with Crippen LogP contribution in [0.15, 0.2) is 0 Å². The Kier molecular flexibility index (Phi) is 3.25. The van der Waals surface area contributed by atoms with Gasteiger partial charge < -0.3 is 10.2 Å². The Hall–Kier alpha value is -0.0800. The van der Waals surface area contributed by atoms with E-state index in [2.05, 4.69) is 13.8 Å². The zero-order chi connectivity index (χ0) is 14.8. The van der Waals surface area contributed by atoms with Crippen LogP contribution in [0.5, 0.6) is 0 Å². The van der Waals surface area contributed by atoms with Gasteiger partial charge in [-0.05, 0) is 92.3 Å². The Bertz CT molecular complexity index is 422. The van der Waals surface area contributed by atoms with Crippen molar-refractivity contribution in [2.24, 2.45) is 34.5 Å². The first-order valence-electron chi connectivity index (χ1n) is 9.31. The van der Waals surface area contributed by atoms with E-state index in [1.54, 1.807) is 0 Å². The first kappa shape index (κ1) is 14.5. The SMILES string of the molecule is C[C@@]12CC[C@H](O)C[C@H]1CC[C@H]1[C@H]2CC[C@]2(C)[C@@H](O)CC[C@@H]12. The Morgan fingerprint density at radius 1 is 0.762 bits per heavy atom. The first-order valence-corrected chi connectivity index (χ1v) is 9.31. The Labute approximate surface area is 129 Å². The molecule has 2 nitrogen and oxygen atoms in total. The number of fused-ring (bicyclic) bond motifs is 5. The first-order chi connectivity index (χ1) is 9.95. The van der Waals surface area contributed by atoms with E-state index < -0.39 is 0 Å². The van der Waals surface area contributed by atoms with Crippen molar-refractivity contribution in [1.29, 1.82) is 0 Å². The summed E-state index contributed by atoms with van der Waals surface area (Å²) in [6.07, 6.45) is 10.7. The number of aliphatic hydroxyl groups is 2. The molecule has 0 saturated heterocycles. The van der Waals surface area contributed by atoms with Gasteiger partial charge in [-0.15, -0.1) is 0 Å². The molecule has 4 fully saturated rings. The molecule has 120 valence electrons. The van der Waals surface area contributed by atoms with Gasteiger partial charge in [-0.3, -0.25) is 0 Å². The van der Waals surface area contributed by atoms with Crippen LogP contribution in [0.4, 0.5) is 0 Å². The van der Waals surface area contributed by atoms with Gasteiger partial charge in [-0.25, -0.2) is 0 Å². The average Bonchev–Trinajstić information content (AvgIpc) is 2.76. The molecule has 4 aliphatic carbocycles. The maximum absolute atomic E-state index is 10.5. The van der Waals surface area contributed by atoms with Crippen molar-refractivity contribution < 1.29 is 10.2 Å². The van der Waals surface area contributed by atoms with Gasteiger partial charge in [0.1, 0.15) is 0 Å². The molecule has 0 heterocycles. The number of hydrogen-bond donors (Lipinski definition) is 2. The molecule has 4 rings (SSSR count). The molecule has 2 N–H and O–H groups in total. The standard InChI is InChI=1S/C19H32O2/c1-18-9-7-13(20)11-12(18)3-4-14-15-5-6-17(21)19(15,2)10-8-16(14)18/h12-17,20-21H,3-11H2,1-2H3/t12-,13+,14-,15+,16-,17+,18-,19+/m1/s1. The Balaban J connectivity index is 1.62. The lowest BCUT2D eigenvalue weighted by Crippen LogP contribution is -2.54. The van der Waals surface area contributed by atoms with Gasteiger partial charge in [-0.1, -0.05) is 13.8 Å². The molecule has 2 heteroatoms. The summed E-state index contributed by atoms with van der Waals surface area (Å²) in [6, 6.07) is 0. The summed E-state index contributed by atoms with van der Waals surface area (Å²) >= 11 is 0. The van der Waals surface area contributed by atoms with Crippen LogP contribution in [0.25, 0.3) is 0 Å². The van der Waals surface area contributed by atoms with Crippen molar-refractivity contribution in [3.8, 4) is 0 Å². The van der Waals surface area contributed by atoms with Gasteiger partial charge in [0.25, 0.3) is 0 Å². The monoisotopic (exact) mass is 292 g/mol. The molecule has 0 aliphatic heterocycles. The van der Waals surface area contributed by atoms with E-state index in [1.165, 1.54) is 38.5 Å². The van der Waals surface area contributed by atoms with Crippen molar-refractivity contribution in [2.45, 2.75) is 83.8 Å². The second-order valence-corrected chi connectivity index (χ2v) is 9.22. The zero-order valence-electron chi connectivity index (χ0n) is 13.7. The molecular weight excluding hydrogens is 260 g/mol. The predicted molar refractivity (Wildman–Crippen MR) is 83.7 cm³/mol. The summed E-state index contributed by atoms with van der Waals surface area (Å²) < 4.78 is 0. The highest BCUT2D eigenvalue weighted by molar-refractivity contribution is 5.09. The third kappa shape index (κ3) is 1.91. The molecular formula is C19H32O2. The third-order valence-corrected chi connectivity index (χ3v) is 8.59. The van der Waals surface area contributed by atoms with Crippen LogP contribution in [0.3, 0.4) is 0 Å². The molecule has 0 aromatic heterocycles. The minimum Gasteiger partial charge on any atom is -0.393 e. The van der Waals surface area contributed by atoms with Crippen molar-refractivity contribution >= 4 is 0 Å². The van der Waals surface area contributed by atoms with Crippen LogP contribution in [0.1, 0.15) is 71.6 Å². The lowest BCUT2D eigenvalue weighted by Gasteiger charge is -2.60. The topological polar surface area (TPSA) is 40.5 Å². The van der Waals surface area contributed by atoms with Gasteiger partial charge >= 0.3 is 0 Å². The fraction of sp³-hybridized carbons (Fsp3) is 1.00. The summed E-state index contributed by atoms with van der Waals surface area (Å²) in [6.45, 7) is 4.90. The second-order valence-electron chi connectivity index (χ2n) is 9.22. The van der Waals surface area contributed by atoms with Crippen LogP contribution in [-0.2, 0) is 0 Å². The third-order valence-electron chi connectivity index (χ3n) is 8.59. The number of hydrogen-bond acceptors (Lipinski definition) is 2. The van der Waals surface area contributed by atoms with Gasteiger partial charge in [0.05, 0.1) is 12.2 Å². The molecule has 0 radical (unpaired) electrons. The van der Waals surface area contributed by atoms with Crippen molar-refractivity contribution in [1.82, 2.24) is 0 Å². The molecule has 8 atom stereocenters. The molecule has 0 unspecified atom stereocenters. The summed E-state index contributed by atoms with van der Waals surface area (Å²) in [4.78, 5) is 0. The zero-order valence-corrected chi connectivity index (χ0v) is 13.7. The average molecular weight is 292 g/mol.